The summed E-state index contributed by atoms with van der Waals surface area (Å²) in [6.07, 6.45) is 0. The second kappa shape index (κ2) is 5.12. The standard InChI is InChI=1S/C15H21ClO3/c1-15(2)10(8-16)13(15)9-6-11(17-3)14(19-5)12(7-9)18-4/h6-7,10,13H,8H2,1-5H3. The summed E-state index contributed by atoms with van der Waals surface area (Å²) in [7, 11) is 4.89. The second-order valence-corrected chi connectivity index (χ2v) is 5.83. The van der Waals surface area contributed by atoms with Crippen LogP contribution in [0.15, 0.2) is 12.1 Å². The lowest BCUT2D eigenvalue weighted by Crippen LogP contribution is -1.98. The Morgan fingerprint density at radius 1 is 1.05 bits per heavy atom. The first-order chi connectivity index (χ1) is 9.01. The minimum absolute atomic E-state index is 0.229. The number of alkyl halides is 1. The van der Waals surface area contributed by atoms with Crippen molar-refractivity contribution < 1.29 is 14.2 Å². The molecule has 1 saturated carbocycles. The SMILES string of the molecule is COc1cc(C2C(CCl)C2(C)C)cc(OC)c1OC. The Morgan fingerprint density at radius 2 is 1.58 bits per heavy atom. The molecule has 0 saturated heterocycles. The van der Waals surface area contributed by atoms with E-state index in [-0.39, 0.29) is 5.41 Å². The van der Waals surface area contributed by atoms with Crippen molar-refractivity contribution in [2.75, 3.05) is 27.2 Å². The largest absolute Gasteiger partial charge is 0.493 e. The normalized spacial score (nSPS) is 23.9. The van der Waals surface area contributed by atoms with E-state index < -0.39 is 0 Å². The van der Waals surface area contributed by atoms with Gasteiger partial charge in [0.25, 0.3) is 0 Å². The second-order valence-electron chi connectivity index (χ2n) is 5.52. The van der Waals surface area contributed by atoms with Gasteiger partial charge in [0, 0.05) is 5.88 Å². The summed E-state index contributed by atoms with van der Waals surface area (Å²) in [5.41, 5.74) is 1.43. The Morgan fingerprint density at radius 3 is 1.89 bits per heavy atom. The molecule has 0 bridgehead atoms. The topological polar surface area (TPSA) is 27.7 Å². The quantitative estimate of drug-likeness (QED) is 0.772. The molecule has 1 fully saturated rings. The van der Waals surface area contributed by atoms with Crippen LogP contribution < -0.4 is 14.2 Å². The van der Waals surface area contributed by atoms with E-state index in [1.165, 1.54) is 5.56 Å². The summed E-state index contributed by atoms with van der Waals surface area (Å²) >= 11 is 6.05. The number of hydrogen-bond donors (Lipinski definition) is 0. The molecule has 0 N–H and O–H groups in total. The van der Waals surface area contributed by atoms with E-state index in [0.717, 1.165) is 0 Å². The smallest absolute Gasteiger partial charge is 0.203 e. The molecule has 2 rings (SSSR count). The van der Waals surface area contributed by atoms with E-state index in [1.54, 1.807) is 21.3 Å². The van der Waals surface area contributed by atoms with E-state index in [1.807, 2.05) is 12.1 Å². The molecule has 1 aromatic carbocycles. The van der Waals surface area contributed by atoms with E-state index in [0.29, 0.717) is 35.0 Å². The van der Waals surface area contributed by atoms with E-state index in [9.17, 15) is 0 Å². The fourth-order valence-electron chi connectivity index (χ4n) is 2.97. The lowest BCUT2D eigenvalue weighted by molar-refractivity contribution is 0.323. The molecule has 0 amide bonds. The van der Waals surface area contributed by atoms with E-state index >= 15 is 0 Å². The first-order valence-corrected chi connectivity index (χ1v) is 6.90. The molecule has 3 nitrogen and oxygen atoms in total. The minimum Gasteiger partial charge on any atom is -0.493 e. The van der Waals surface area contributed by atoms with Gasteiger partial charge in [0.05, 0.1) is 21.3 Å². The fraction of sp³-hybridized carbons (Fsp3) is 0.600. The zero-order valence-corrected chi connectivity index (χ0v) is 12.9. The monoisotopic (exact) mass is 284 g/mol. The number of benzene rings is 1. The zero-order valence-electron chi connectivity index (χ0n) is 12.1. The van der Waals surface area contributed by atoms with Crippen LogP contribution in [0.4, 0.5) is 0 Å². The molecule has 0 heterocycles. The lowest BCUT2D eigenvalue weighted by atomic mass is 10.0. The van der Waals surface area contributed by atoms with E-state index in [4.69, 9.17) is 25.8 Å². The molecule has 0 spiro atoms. The van der Waals surface area contributed by atoms with Crippen molar-refractivity contribution in [3.05, 3.63) is 17.7 Å². The Labute approximate surface area is 119 Å². The van der Waals surface area contributed by atoms with Gasteiger partial charge in [0.15, 0.2) is 11.5 Å². The van der Waals surface area contributed by atoms with Crippen molar-refractivity contribution in [1.29, 1.82) is 0 Å². The maximum absolute atomic E-state index is 6.05. The van der Waals surface area contributed by atoms with Crippen LogP contribution in [0.3, 0.4) is 0 Å². The molecule has 4 heteroatoms. The molecule has 19 heavy (non-hydrogen) atoms. The molecule has 0 radical (unpaired) electrons. The summed E-state index contributed by atoms with van der Waals surface area (Å²) in [5.74, 6) is 3.65. The maximum Gasteiger partial charge on any atom is 0.203 e. The van der Waals surface area contributed by atoms with Crippen molar-refractivity contribution in [1.82, 2.24) is 0 Å². The average Bonchev–Trinajstić information content (AvgIpc) is 2.98. The molecule has 0 aromatic heterocycles. The summed E-state index contributed by atoms with van der Waals surface area (Å²) in [6, 6.07) is 4.06. The predicted octanol–water partition coefficient (Wildman–Crippen LogP) is 3.69. The number of ether oxygens (including phenoxy) is 3. The average molecular weight is 285 g/mol. The van der Waals surface area contributed by atoms with Crippen LogP contribution in [0.5, 0.6) is 17.2 Å². The Hall–Kier alpha value is -1.09. The highest BCUT2D eigenvalue weighted by atomic mass is 35.5. The van der Waals surface area contributed by atoms with Crippen LogP contribution in [-0.2, 0) is 0 Å². The maximum atomic E-state index is 6.05. The number of rotatable bonds is 5. The first kappa shape index (κ1) is 14.3. The van der Waals surface area contributed by atoms with Gasteiger partial charge in [-0.05, 0) is 34.9 Å². The highest BCUT2D eigenvalue weighted by Gasteiger charge is 2.57. The van der Waals surface area contributed by atoms with E-state index in [2.05, 4.69) is 13.8 Å². The van der Waals surface area contributed by atoms with Crippen LogP contribution in [0.1, 0.15) is 25.3 Å². The van der Waals surface area contributed by atoms with Crippen LogP contribution in [0.2, 0.25) is 0 Å². The third-order valence-electron chi connectivity index (χ3n) is 4.26. The fourth-order valence-corrected chi connectivity index (χ4v) is 3.55. The predicted molar refractivity (Wildman–Crippen MR) is 76.8 cm³/mol. The molecular weight excluding hydrogens is 264 g/mol. The van der Waals surface area contributed by atoms with Crippen LogP contribution in [-0.4, -0.2) is 27.2 Å². The van der Waals surface area contributed by atoms with Crippen molar-refractivity contribution in [3.8, 4) is 17.2 Å². The highest BCUT2D eigenvalue weighted by Crippen LogP contribution is 2.65. The third-order valence-corrected chi connectivity index (χ3v) is 4.60. The van der Waals surface area contributed by atoms with Gasteiger partial charge in [-0.1, -0.05) is 13.8 Å². The van der Waals surface area contributed by atoms with Gasteiger partial charge < -0.3 is 14.2 Å². The molecule has 106 valence electrons. The van der Waals surface area contributed by atoms with Gasteiger partial charge in [0.2, 0.25) is 5.75 Å². The first-order valence-electron chi connectivity index (χ1n) is 6.37. The zero-order chi connectivity index (χ0) is 14.2. The van der Waals surface area contributed by atoms with Gasteiger partial charge in [-0.2, -0.15) is 0 Å². The number of methoxy groups -OCH3 is 3. The number of halogens is 1. The van der Waals surface area contributed by atoms with Gasteiger partial charge in [-0.15, -0.1) is 11.6 Å². The number of hydrogen-bond acceptors (Lipinski definition) is 3. The van der Waals surface area contributed by atoms with Crippen LogP contribution in [0.25, 0.3) is 0 Å². The summed E-state index contributed by atoms with van der Waals surface area (Å²) in [4.78, 5) is 0. The summed E-state index contributed by atoms with van der Waals surface area (Å²) < 4.78 is 16.1. The van der Waals surface area contributed by atoms with Crippen molar-refractivity contribution in [2.45, 2.75) is 19.8 Å². The Bertz CT molecular complexity index is 445. The van der Waals surface area contributed by atoms with Gasteiger partial charge >= 0.3 is 0 Å². The van der Waals surface area contributed by atoms with Crippen molar-refractivity contribution in [3.63, 3.8) is 0 Å². The highest BCUT2D eigenvalue weighted by molar-refractivity contribution is 6.18. The molecule has 1 aliphatic carbocycles. The van der Waals surface area contributed by atoms with Gasteiger partial charge in [-0.25, -0.2) is 0 Å². The summed E-state index contributed by atoms with van der Waals surface area (Å²) in [6.45, 7) is 4.49. The molecule has 2 atom stereocenters. The molecule has 1 aliphatic rings. The van der Waals surface area contributed by atoms with Gasteiger partial charge in [-0.3, -0.25) is 0 Å². The summed E-state index contributed by atoms with van der Waals surface area (Å²) in [5, 5.41) is 0. The van der Waals surface area contributed by atoms with Crippen LogP contribution >= 0.6 is 11.6 Å². The van der Waals surface area contributed by atoms with Crippen molar-refractivity contribution in [2.24, 2.45) is 11.3 Å². The molecule has 1 aromatic rings. The van der Waals surface area contributed by atoms with Gasteiger partial charge in [0.1, 0.15) is 0 Å². The molecule has 0 aliphatic heterocycles. The van der Waals surface area contributed by atoms with Crippen molar-refractivity contribution >= 4 is 11.6 Å². The Kier molecular flexibility index (Phi) is 3.86. The Balaban J connectivity index is 2.43. The molecule has 2 unspecified atom stereocenters. The minimum atomic E-state index is 0.229. The molecular formula is C15H21ClO3. The van der Waals surface area contributed by atoms with Crippen LogP contribution in [0, 0.1) is 11.3 Å². The third kappa shape index (κ3) is 2.25. The lowest BCUT2D eigenvalue weighted by Gasteiger charge is -2.14.